The first-order valence-electron chi connectivity index (χ1n) is 33.1. The summed E-state index contributed by atoms with van der Waals surface area (Å²) < 4.78 is 80.0. The van der Waals surface area contributed by atoms with Crippen molar-refractivity contribution in [2.75, 3.05) is 88.0 Å². The molecule has 14 rings (SSSR count). The standard InChI is InChI=1S/2C37H40ClN3O6S/c2*1-46-30-11-6-25(7-12-30)21-40-17-2-3-18-48(44,45)39-35(42)27-9-15-34-33(20-27)41(22-28-8-13-31(28)36(40)43)23-37(24-47-34)16-4-5-26-19-29(38)10-14-32(26)37/h2*2-3,6-7,9-12,14-15,19-20,28,31H,4-5,8,13,16-18,21-24H2,1H3,(H,39,42)/b3-2+;3-2-/t2*28-,31+,37-/m00/s1. The van der Waals surface area contributed by atoms with Crippen LogP contribution >= 0.6 is 23.2 Å². The molecule has 18 nitrogen and oxygen atoms in total. The lowest BCUT2D eigenvalue weighted by atomic mass is 9.69. The van der Waals surface area contributed by atoms with E-state index in [-0.39, 0.29) is 82.0 Å². The number of ether oxygens (including phenoxy) is 4. The molecule has 0 radical (unpaired) electrons. The molecule has 0 unspecified atom stereocenters. The Morgan fingerprint density at radius 1 is 0.521 bits per heavy atom. The predicted molar refractivity (Wildman–Crippen MR) is 370 cm³/mol. The summed E-state index contributed by atoms with van der Waals surface area (Å²) in [5.74, 6) is 0.546. The number of fused-ring (bicyclic) bond motifs is 8. The number of sulfonamides is 2. The maximum Gasteiger partial charge on any atom is 0.264 e. The van der Waals surface area contributed by atoms with E-state index in [0.29, 0.717) is 74.0 Å². The zero-order valence-corrected chi connectivity index (χ0v) is 57.1. The van der Waals surface area contributed by atoms with E-state index in [9.17, 15) is 36.0 Å². The third kappa shape index (κ3) is 14.3. The number of methoxy groups -OCH3 is 2. The molecule has 0 saturated heterocycles. The Bertz CT molecular complexity index is 4000. The van der Waals surface area contributed by atoms with Gasteiger partial charge in [0.1, 0.15) is 23.0 Å². The smallest absolute Gasteiger partial charge is 0.264 e. The Morgan fingerprint density at radius 3 is 1.32 bits per heavy atom. The summed E-state index contributed by atoms with van der Waals surface area (Å²) in [5, 5.41) is 1.42. The summed E-state index contributed by atoms with van der Waals surface area (Å²) >= 11 is 12.8. The fraction of sp³-hybridized carbons (Fsp3) is 0.405. The number of rotatable bonds is 6. The number of anilines is 2. The van der Waals surface area contributed by atoms with Crippen molar-refractivity contribution in [1.29, 1.82) is 0 Å². The van der Waals surface area contributed by atoms with Gasteiger partial charge in [-0.25, -0.2) is 26.3 Å². The van der Waals surface area contributed by atoms with Gasteiger partial charge in [-0.2, -0.15) is 0 Å². The van der Waals surface area contributed by atoms with E-state index >= 15 is 0 Å². The van der Waals surface area contributed by atoms with Gasteiger partial charge in [0, 0.05) is 96.2 Å². The molecule has 6 atom stereocenters. The van der Waals surface area contributed by atoms with E-state index in [1.807, 2.05) is 60.7 Å². The molecule has 0 aromatic heterocycles. The minimum atomic E-state index is -3.97. The molecule has 4 bridgehead atoms. The molecule has 2 N–H and O–H groups in total. The van der Waals surface area contributed by atoms with E-state index in [1.165, 1.54) is 34.4 Å². The van der Waals surface area contributed by atoms with Crippen molar-refractivity contribution in [3.63, 3.8) is 0 Å². The van der Waals surface area contributed by atoms with Crippen molar-refractivity contribution in [2.45, 2.75) is 88.1 Å². The minimum Gasteiger partial charge on any atom is -0.497 e. The zero-order valence-electron chi connectivity index (χ0n) is 54.0. The Kier molecular flexibility index (Phi) is 19.3. The topological polar surface area (TPSA) is 210 Å². The number of halogens is 2. The highest BCUT2D eigenvalue weighted by Gasteiger charge is 2.48. The van der Waals surface area contributed by atoms with E-state index < -0.39 is 31.9 Å². The number of hydrogen-bond acceptors (Lipinski definition) is 14. The number of nitrogens with zero attached hydrogens (tertiary/aromatic N) is 4. The van der Waals surface area contributed by atoms with Crippen molar-refractivity contribution in [2.24, 2.45) is 23.7 Å². The van der Waals surface area contributed by atoms with Gasteiger partial charge in [0.05, 0.1) is 50.3 Å². The summed E-state index contributed by atoms with van der Waals surface area (Å²) in [5.41, 5.74) is 8.10. The second-order valence-electron chi connectivity index (χ2n) is 27.0. The van der Waals surface area contributed by atoms with Gasteiger partial charge in [0.25, 0.3) is 11.8 Å². The largest absolute Gasteiger partial charge is 0.497 e. The van der Waals surface area contributed by atoms with Gasteiger partial charge < -0.3 is 38.5 Å². The number of amides is 4. The Balaban J connectivity index is 0.000000174. The number of carbonyl (C=O) groups excluding carboxylic acids is 4. The molecule has 2 fully saturated rings. The highest BCUT2D eigenvalue weighted by atomic mass is 35.5. The van der Waals surface area contributed by atoms with Gasteiger partial charge in [-0.05, 0) is 194 Å². The molecule has 2 saturated carbocycles. The van der Waals surface area contributed by atoms with Crippen LogP contribution in [0.3, 0.4) is 0 Å². The van der Waals surface area contributed by atoms with Crippen LogP contribution in [0.5, 0.6) is 23.0 Å². The first-order chi connectivity index (χ1) is 46.3. The lowest BCUT2D eigenvalue weighted by Crippen LogP contribution is -2.51. The summed E-state index contributed by atoms with van der Waals surface area (Å²) in [6.45, 7) is 4.65. The Morgan fingerprint density at radius 2 is 0.938 bits per heavy atom. The number of hydrogen-bond donors (Lipinski definition) is 2. The maximum absolute atomic E-state index is 14.2. The summed E-state index contributed by atoms with van der Waals surface area (Å²) in [6, 6.07) is 37.7. The lowest BCUT2D eigenvalue weighted by Gasteiger charge is -2.45. The molecule has 4 aliphatic heterocycles. The van der Waals surface area contributed by atoms with Gasteiger partial charge in [-0.15, -0.1) is 0 Å². The fourth-order valence-electron chi connectivity index (χ4n) is 15.4. The van der Waals surface area contributed by atoms with Gasteiger partial charge in [0.15, 0.2) is 0 Å². The van der Waals surface area contributed by atoms with Crippen molar-refractivity contribution >= 4 is 78.3 Å². The quantitative estimate of drug-likeness (QED) is 0.149. The molecule has 6 aromatic carbocycles. The number of carbonyl (C=O) groups is 4. The third-order valence-corrected chi connectivity index (χ3v) is 23.5. The van der Waals surface area contributed by atoms with Crippen LogP contribution < -0.4 is 38.2 Å². The Labute approximate surface area is 572 Å². The second-order valence-corrected chi connectivity index (χ2v) is 31.4. The molecule has 22 heteroatoms. The number of benzene rings is 6. The monoisotopic (exact) mass is 1380 g/mol. The Hall–Kier alpha value is -8.04. The highest BCUT2D eigenvalue weighted by Crippen LogP contribution is 2.49. The van der Waals surface area contributed by atoms with Crippen LogP contribution in [0, 0.1) is 23.7 Å². The molecule has 8 aliphatic rings. The van der Waals surface area contributed by atoms with Crippen LogP contribution in [0.25, 0.3) is 0 Å². The highest BCUT2D eigenvalue weighted by molar-refractivity contribution is 7.90. The molecule has 504 valence electrons. The average molecular weight is 1380 g/mol. The number of aryl methyl sites for hydroxylation is 2. The van der Waals surface area contributed by atoms with E-state index in [1.54, 1.807) is 72.6 Å². The third-order valence-electron chi connectivity index (χ3n) is 20.8. The second kappa shape index (κ2) is 27.8. The molecule has 2 spiro atoms. The molecule has 4 heterocycles. The van der Waals surface area contributed by atoms with Crippen LogP contribution in [0.2, 0.25) is 10.0 Å². The molecular formula is C74H80Cl2N6O12S2. The molecular weight excluding hydrogens is 1300 g/mol. The van der Waals surface area contributed by atoms with Crippen LogP contribution in [0.15, 0.2) is 146 Å². The van der Waals surface area contributed by atoms with E-state index in [0.717, 1.165) is 98.2 Å². The van der Waals surface area contributed by atoms with Crippen molar-refractivity contribution in [1.82, 2.24) is 19.2 Å². The van der Waals surface area contributed by atoms with Gasteiger partial charge >= 0.3 is 0 Å². The average Bonchev–Trinajstić information content (AvgIpc) is 1.51. The van der Waals surface area contributed by atoms with Crippen LogP contribution in [-0.2, 0) is 66.4 Å². The van der Waals surface area contributed by atoms with E-state index in [4.69, 9.17) is 42.1 Å². The van der Waals surface area contributed by atoms with Crippen LogP contribution in [-0.4, -0.2) is 128 Å². The molecule has 4 amide bonds. The van der Waals surface area contributed by atoms with Gasteiger partial charge in [-0.3, -0.25) is 19.2 Å². The number of nitrogens with one attached hydrogen (secondary N) is 2. The SMILES string of the molecule is COc1ccc(CN2C/C=C/CS(=O)(=O)NC(=O)c3ccc4c(c3)N(C[C@@H]3CC[C@H]3C2=O)C[C@@]2(CCCc3cc(Cl)ccc32)CO4)cc1.COc1ccc(CN2C/C=C\CS(=O)(=O)NC(=O)c3ccc4c(c3)N(C[C@@H]3CC[C@H]3C2=O)C[C@@]2(CCCc3cc(Cl)ccc32)CO4)cc1. The zero-order chi connectivity index (χ0) is 66.9. The molecule has 96 heavy (non-hydrogen) atoms. The van der Waals surface area contributed by atoms with Crippen molar-refractivity contribution < 1.29 is 55.0 Å². The lowest BCUT2D eigenvalue weighted by molar-refractivity contribution is -0.141. The van der Waals surface area contributed by atoms with E-state index in [2.05, 4.69) is 43.5 Å². The summed E-state index contributed by atoms with van der Waals surface area (Å²) in [4.78, 5) is 63.3. The predicted octanol–water partition coefficient (Wildman–Crippen LogP) is 11.0. The molecule has 6 aromatic rings. The van der Waals surface area contributed by atoms with Gasteiger partial charge in [0.2, 0.25) is 31.9 Å². The van der Waals surface area contributed by atoms with Gasteiger partial charge in [-0.1, -0.05) is 83.9 Å². The summed E-state index contributed by atoms with van der Waals surface area (Å²) in [7, 11) is -4.72. The summed E-state index contributed by atoms with van der Waals surface area (Å²) in [6.07, 6.45) is 15.5. The van der Waals surface area contributed by atoms with Crippen LogP contribution in [0.4, 0.5) is 11.4 Å². The molecule has 4 aliphatic carbocycles. The maximum atomic E-state index is 14.2. The first kappa shape index (κ1) is 66.6. The van der Waals surface area contributed by atoms with Crippen LogP contribution in [0.1, 0.15) is 105 Å². The first-order valence-corrected chi connectivity index (χ1v) is 37.2. The normalized spacial score (nSPS) is 25.9. The minimum absolute atomic E-state index is 0.0578. The van der Waals surface area contributed by atoms with Crippen molar-refractivity contribution in [3.05, 3.63) is 200 Å². The van der Waals surface area contributed by atoms with Crippen molar-refractivity contribution in [3.8, 4) is 23.0 Å². The fourth-order valence-corrected chi connectivity index (χ4v) is 17.6.